The van der Waals surface area contributed by atoms with Crippen LogP contribution in [0.2, 0.25) is 0 Å². The molecule has 0 spiro atoms. The minimum Gasteiger partial charge on any atom is -0.479 e. The average Bonchev–Trinajstić information content (AvgIpc) is 2.15. The molecule has 1 saturated heterocycles. The van der Waals surface area contributed by atoms with Crippen LogP contribution in [0.5, 0.6) is 0 Å². The molecule has 0 aliphatic carbocycles. The highest BCUT2D eigenvalue weighted by molar-refractivity contribution is 5.72. The molecule has 0 aromatic carbocycles. The third-order valence-corrected chi connectivity index (χ3v) is 2.22. The van der Waals surface area contributed by atoms with E-state index < -0.39 is 37.0 Å². The first-order chi connectivity index (χ1) is 6.54. The SMILES string of the molecule is O=C(O)C1CC(O)C[C@@H]([C@H](O)CO)O1. The first-order valence-corrected chi connectivity index (χ1v) is 4.40. The lowest BCUT2D eigenvalue weighted by molar-refractivity contribution is -0.178. The lowest BCUT2D eigenvalue weighted by atomic mass is 9.98. The van der Waals surface area contributed by atoms with Crippen LogP contribution in [0.1, 0.15) is 12.8 Å². The maximum Gasteiger partial charge on any atom is 0.332 e. The highest BCUT2D eigenvalue weighted by atomic mass is 16.5. The molecule has 1 rings (SSSR count). The van der Waals surface area contributed by atoms with Crippen molar-refractivity contribution in [1.82, 2.24) is 0 Å². The van der Waals surface area contributed by atoms with E-state index in [9.17, 15) is 15.0 Å². The smallest absolute Gasteiger partial charge is 0.332 e. The molecule has 2 unspecified atom stereocenters. The number of hydrogen-bond donors (Lipinski definition) is 4. The quantitative estimate of drug-likeness (QED) is 0.440. The van der Waals surface area contributed by atoms with Gasteiger partial charge in [0.1, 0.15) is 6.10 Å². The summed E-state index contributed by atoms with van der Waals surface area (Å²) in [6.45, 7) is -0.510. The van der Waals surface area contributed by atoms with E-state index in [1.807, 2.05) is 0 Å². The second-order valence-electron chi connectivity index (χ2n) is 3.38. The second kappa shape index (κ2) is 4.70. The molecule has 4 atom stereocenters. The Hall–Kier alpha value is -0.690. The topological polar surface area (TPSA) is 107 Å². The fraction of sp³-hybridized carbons (Fsp3) is 0.875. The third-order valence-electron chi connectivity index (χ3n) is 2.22. The van der Waals surface area contributed by atoms with Crippen LogP contribution in [0, 0.1) is 0 Å². The standard InChI is InChI=1S/C8H14O6/c9-3-5(11)6-1-4(10)2-7(14-6)8(12)13/h4-7,9-11H,1-3H2,(H,12,13)/t4?,5-,6+,7?/m1/s1. The van der Waals surface area contributed by atoms with E-state index in [1.54, 1.807) is 0 Å². The lowest BCUT2D eigenvalue weighted by Crippen LogP contribution is -2.46. The molecule has 0 amide bonds. The molecule has 0 saturated carbocycles. The molecule has 0 aromatic heterocycles. The fourth-order valence-corrected chi connectivity index (χ4v) is 1.46. The number of aliphatic carboxylic acids is 1. The van der Waals surface area contributed by atoms with Crippen molar-refractivity contribution in [3.63, 3.8) is 0 Å². The summed E-state index contributed by atoms with van der Waals surface area (Å²) in [6, 6.07) is 0. The maximum atomic E-state index is 10.6. The van der Waals surface area contributed by atoms with Gasteiger partial charge in [-0.1, -0.05) is 0 Å². The zero-order valence-electron chi connectivity index (χ0n) is 7.54. The van der Waals surface area contributed by atoms with E-state index in [0.717, 1.165) is 0 Å². The largest absolute Gasteiger partial charge is 0.479 e. The predicted octanol–water partition coefficient (Wildman–Crippen LogP) is -1.67. The Morgan fingerprint density at radius 2 is 2.14 bits per heavy atom. The molecule has 1 fully saturated rings. The van der Waals surface area contributed by atoms with Crippen molar-refractivity contribution in [3.05, 3.63) is 0 Å². The summed E-state index contributed by atoms with van der Waals surface area (Å²) >= 11 is 0. The molecule has 14 heavy (non-hydrogen) atoms. The van der Waals surface area contributed by atoms with E-state index in [1.165, 1.54) is 0 Å². The zero-order chi connectivity index (χ0) is 10.7. The number of carbonyl (C=O) groups is 1. The first kappa shape index (κ1) is 11.4. The summed E-state index contributed by atoms with van der Waals surface area (Å²) < 4.78 is 5.00. The predicted molar refractivity (Wildman–Crippen MR) is 44.6 cm³/mol. The highest BCUT2D eigenvalue weighted by Gasteiger charge is 2.35. The summed E-state index contributed by atoms with van der Waals surface area (Å²) in [6.07, 6.45) is -3.71. The Balaban J connectivity index is 2.58. The van der Waals surface area contributed by atoms with Gasteiger partial charge in [0.05, 0.1) is 18.8 Å². The van der Waals surface area contributed by atoms with Crippen LogP contribution in [-0.2, 0) is 9.53 Å². The second-order valence-corrected chi connectivity index (χ2v) is 3.38. The fourth-order valence-electron chi connectivity index (χ4n) is 1.46. The van der Waals surface area contributed by atoms with E-state index >= 15 is 0 Å². The molecule has 1 heterocycles. The van der Waals surface area contributed by atoms with Gasteiger partial charge in [-0.05, 0) is 0 Å². The van der Waals surface area contributed by atoms with Crippen LogP contribution in [0.15, 0.2) is 0 Å². The molecule has 82 valence electrons. The minimum absolute atomic E-state index is 0.0178. The van der Waals surface area contributed by atoms with E-state index in [-0.39, 0.29) is 12.8 Å². The van der Waals surface area contributed by atoms with Gasteiger partial charge in [0, 0.05) is 12.8 Å². The van der Waals surface area contributed by atoms with Gasteiger partial charge < -0.3 is 25.2 Å². The molecule has 0 radical (unpaired) electrons. The third kappa shape index (κ3) is 2.65. The molecule has 0 aromatic rings. The Labute approximate surface area is 80.7 Å². The summed E-state index contributed by atoms with van der Waals surface area (Å²) in [7, 11) is 0. The van der Waals surface area contributed by atoms with Gasteiger partial charge in [-0.15, -0.1) is 0 Å². The molecule has 1 aliphatic rings. The van der Waals surface area contributed by atoms with E-state index in [2.05, 4.69) is 0 Å². The Morgan fingerprint density at radius 1 is 1.50 bits per heavy atom. The maximum absolute atomic E-state index is 10.6. The molecule has 4 N–H and O–H groups in total. The average molecular weight is 206 g/mol. The lowest BCUT2D eigenvalue weighted by Gasteiger charge is -2.33. The van der Waals surface area contributed by atoms with Crippen LogP contribution in [-0.4, -0.2) is 57.4 Å². The van der Waals surface area contributed by atoms with Crippen LogP contribution in [0.3, 0.4) is 0 Å². The summed E-state index contributed by atoms with van der Waals surface area (Å²) in [5, 5.41) is 35.8. The van der Waals surface area contributed by atoms with Gasteiger partial charge in [-0.3, -0.25) is 0 Å². The Bertz CT molecular complexity index is 206. The van der Waals surface area contributed by atoms with Crippen LogP contribution < -0.4 is 0 Å². The zero-order valence-corrected chi connectivity index (χ0v) is 7.54. The number of aliphatic hydroxyl groups is 3. The minimum atomic E-state index is -1.17. The number of aliphatic hydroxyl groups excluding tert-OH is 3. The Morgan fingerprint density at radius 3 is 2.64 bits per heavy atom. The monoisotopic (exact) mass is 206 g/mol. The molecular formula is C8H14O6. The van der Waals surface area contributed by atoms with Crippen molar-refractivity contribution in [2.24, 2.45) is 0 Å². The van der Waals surface area contributed by atoms with Crippen molar-refractivity contribution in [2.75, 3.05) is 6.61 Å². The Kier molecular flexibility index (Phi) is 3.82. The number of hydrogen-bond acceptors (Lipinski definition) is 5. The van der Waals surface area contributed by atoms with Gasteiger partial charge in [-0.25, -0.2) is 4.79 Å². The summed E-state index contributed by atoms with van der Waals surface area (Å²) in [5.74, 6) is -1.17. The normalized spacial score (nSPS) is 35.2. The summed E-state index contributed by atoms with van der Waals surface area (Å²) in [4.78, 5) is 10.6. The number of carboxylic acid groups (broad SMARTS) is 1. The van der Waals surface area contributed by atoms with Crippen LogP contribution in [0.4, 0.5) is 0 Å². The number of carboxylic acids is 1. The van der Waals surface area contributed by atoms with Gasteiger partial charge >= 0.3 is 5.97 Å². The number of ether oxygens (including phenoxy) is 1. The van der Waals surface area contributed by atoms with Crippen LogP contribution in [0.25, 0.3) is 0 Å². The summed E-state index contributed by atoms with van der Waals surface area (Å²) in [5.41, 5.74) is 0. The first-order valence-electron chi connectivity index (χ1n) is 4.40. The van der Waals surface area contributed by atoms with Crippen molar-refractivity contribution in [2.45, 2.75) is 37.3 Å². The highest BCUT2D eigenvalue weighted by Crippen LogP contribution is 2.22. The molecule has 0 bridgehead atoms. The van der Waals surface area contributed by atoms with E-state index in [4.69, 9.17) is 14.9 Å². The van der Waals surface area contributed by atoms with E-state index in [0.29, 0.717) is 0 Å². The van der Waals surface area contributed by atoms with Gasteiger partial charge in [0.25, 0.3) is 0 Å². The van der Waals surface area contributed by atoms with Crippen molar-refractivity contribution >= 4 is 5.97 Å². The van der Waals surface area contributed by atoms with Gasteiger partial charge in [-0.2, -0.15) is 0 Å². The van der Waals surface area contributed by atoms with Gasteiger partial charge in [0.15, 0.2) is 6.10 Å². The molecule has 6 heteroatoms. The molecular weight excluding hydrogens is 192 g/mol. The van der Waals surface area contributed by atoms with Crippen LogP contribution >= 0.6 is 0 Å². The molecule has 6 nitrogen and oxygen atoms in total. The number of rotatable bonds is 3. The van der Waals surface area contributed by atoms with Crippen molar-refractivity contribution in [1.29, 1.82) is 0 Å². The van der Waals surface area contributed by atoms with Gasteiger partial charge in [0.2, 0.25) is 0 Å². The van der Waals surface area contributed by atoms with Crippen molar-refractivity contribution < 1.29 is 30.0 Å². The van der Waals surface area contributed by atoms with Crippen molar-refractivity contribution in [3.8, 4) is 0 Å². The molecule has 1 aliphatic heterocycles.